The van der Waals surface area contributed by atoms with Crippen molar-refractivity contribution in [3.8, 4) is 0 Å². The molecule has 1 aliphatic heterocycles. The average molecular weight is 459 g/mol. The van der Waals surface area contributed by atoms with E-state index >= 15 is 0 Å². The number of carbonyl (C=O) groups excluding carboxylic acids is 3. The van der Waals surface area contributed by atoms with E-state index in [1.165, 1.54) is 29.2 Å². The number of carbonyl (C=O) groups is 3. The van der Waals surface area contributed by atoms with E-state index in [1.807, 2.05) is 13.6 Å². The van der Waals surface area contributed by atoms with Crippen LogP contribution in [0, 0.1) is 11.6 Å². The SMILES string of the molecule is C=O.C=O.O=C(Nc1ccc(F)c(Cl)c1)c1ccc(F)c(N2CCC(O)CC(F)C2)c1. The topological polar surface area (TPSA) is 86.7 Å². The van der Waals surface area contributed by atoms with Crippen molar-refractivity contribution < 1.29 is 32.7 Å². The number of anilines is 2. The van der Waals surface area contributed by atoms with Gasteiger partial charge in [0.15, 0.2) is 0 Å². The lowest BCUT2D eigenvalue weighted by Crippen LogP contribution is -2.30. The van der Waals surface area contributed by atoms with Gasteiger partial charge in [-0.15, -0.1) is 0 Å². The molecule has 1 heterocycles. The molecule has 0 bridgehead atoms. The van der Waals surface area contributed by atoms with E-state index in [0.717, 1.165) is 12.1 Å². The summed E-state index contributed by atoms with van der Waals surface area (Å²) in [4.78, 5) is 29.9. The van der Waals surface area contributed by atoms with Gasteiger partial charge in [-0.05, 0) is 42.8 Å². The van der Waals surface area contributed by atoms with Crippen LogP contribution in [0.4, 0.5) is 24.5 Å². The van der Waals surface area contributed by atoms with E-state index < -0.39 is 29.8 Å². The summed E-state index contributed by atoms with van der Waals surface area (Å²) in [7, 11) is 0. The largest absolute Gasteiger partial charge is 0.393 e. The van der Waals surface area contributed by atoms with Crippen molar-refractivity contribution in [3.63, 3.8) is 0 Å². The van der Waals surface area contributed by atoms with Crippen molar-refractivity contribution in [2.45, 2.75) is 25.1 Å². The number of benzene rings is 2. The first-order valence-electron chi connectivity index (χ1n) is 9.04. The van der Waals surface area contributed by atoms with Crippen LogP contribution in [0.3, 0.4) is 0 Å². The molecule has 2 atom stereocenters. The molecule has 31 heavy (non-hydrogen) atoms. The van der Waals surface area contributed by atoms with Gasteiger partial charge in [-0.3, -0.25) is 4.79 Å². The molecule has 0 aromatic heterocycles. The first-order valence-corrected chi connectivity index (χ1v) is 9.42. The van der Waals surface area contributed by atoms with Gasteiger partial charge in [0.2, 0.25) is 0 Å². The molecule has 3 rings (SSSR count). The van der Waals surface area contributed by atoms with Crippen LogP contribution in [0.25, 0.3) is 0 Å². The predicted molar refractivity (Wildman–Crippen MR) is 112 cm³/mol. The number of rotatable bonds is 3. The van der Waals surface area contributed by atoms with Crippen molar-refractivity contribution in [1.82, 2.24) is 0 Å². The highest BCUT2D eigenvalue weighted by atomic mass is 35.5. The lowest BCUT2D eigenvalue weighted by atomic mass is 10.1. The first kappa shape index (κ1) is 26.1. The van der Waals surface area contributed by atoms with Crippen molar-refractivity contribution in [2.24, 2.45) is 0 Å². The van der Waals surface area contributed by atoms with E-state index in [0.29, 0.717) is 12.1 Å². The van der Waals surface area contributed by atoms with Crippen LogP contribution in [0.15, 0.2) is 36.4 Å². The Hall–Kier alpha value is -2.91. The Bertz CT molecular complexity index is 886. The van der Waals surface area contributed by atoms with Gasteiger partial charge in [-0.1, -0.05) is 11.6 Å². The molecule has 2 aromatic rings. The average Bonchev–Trinajstić information content (AvgIpc) is 2.93. The normalized spacial score (nSPS) is 17.9. The molecule has 2 aromatic carbocycles. The number of alkyl halides is 1. The quantitative estimate of drug-likeness (QED) is 0.730. The van der Waals surface area contributed by atoms with Crippen LogP contribution in [0.2, 0.25) is 5.02 Å². The summed E-state index contributed by atoms with van der Waals surface area (Å²) in [5.74, 6) is -1.73. The molecular weight excluding hydrogens is 437 g/mol. The molecule has 168 valence electrons. The first-order chi connectivity index (χ1) is 14.8. The second kappa shape index (κ2) is 12.7. The van der Waals surface area contributed by atoms with Gasteiger partial charge in [-0.25, -0.2) is 13.2 Å². The standard InChI is InChI=1S/C19H18ClF3N2O2.2CH2O/c20-15-9-13(2-4-16(15)22)24-19(27)11-1-3-17(23)18(7-11)25-6-5-14(26)8-12(21)10-25;2*1-2/h1-4,7,9,12,14,26H,5-6,8,10H2,(H,24,27);2*1H2. The van der Waals surface area contributed by atoms with Crippen LogP contribution < -0.4 is 10.2 Å². The molecule has 1 aliphatic rings. The van der Waals surface area contributed by atoms with Gasteiger partial charge < -0.3 is 24.9 Å². The summed E-state index contributed by atoms with van der Waals surface area (Å²) in [5, 5.41) is 12.1. The number of hydrogen-bond acceptors (Lipinski definition) is 5. The van der Waals surface area contributed by atoms with E-state index in [-0.39, 0.29) is 35.8 Å². The second-order valence-corrected chi connectivity index (χ2v) is 6.88. The summed E-state index contributed by atoms with van der Waals surface area (Å²) >= 11 is 5.69. The highest BCUT2D eigenvalue weighted by molar-refractivity contribution is 6.31. The number of nitrogens with one attached hydrogen (secondary N) is 1. The molecular formula is C21H22ClF3N2O4. The van der Waals surface area contributed by atoms with Gasteiger partial charge in [0.25, 0.3) is 5.91 Å². The van der Waals surface area contributed by atoms with E-state index in [9.17, 15) is 23.1 Å². The number of hydrogen-bond donors (Lipinski definition) is 2. The maximum absolute atomic E-state index is 14.3. The van der Waals surface area contributed by atoms with Crippen molar-refractivity contribution in [2.75, 3.05) is 23.3 Å². The summed E-state index contributed by atoms with van der Waals surface area (Å²) in [6, 6.07) is 7.52. The van der Waals surface area contributed by atoms with E-state index in [4.69, 9.17) is 21.2 Å². The third-order valence-corrected chi connectivity index (χ3v) is 4.69. The van der Waals surface area contributed by atoms with Crippen LogP contribution in [0.5, 0.6) is 0 Å². The van der Waals surface area contributed by atoms with E-state index in [1.54, 1.807) is 0 Å². The van der Waals surface area contributed by atoms with Crippen LogP contribution in [-0.4, -0.2) is 50.0 Å². The van der Waals surface area contributed by atoms with Gasteiger partial charge in [0, 0.05) is 30.8 Å². The maximum atomic E-state index is 14.3. The van der Waals surface area contributed by atoms with Gasteiger partial charge in [0.05, 0.1) is 16.8 Å². The minimum absolute atomic E-state index is 0.00359. The monoisotopic (exact) mass is 458 g/mol. The zero-order chi connectivity index (χ0) is 23.6. The van der Waals surface area contributed by atoms with Gasteiger partial charge >= 0.3 is 0 Å². The van der Waals surface area contributed by atoms with Crippen LogP contribution in [0.1, 0.15) is 23.2 Å². The fourth-order valence-electron chi connectivity index (χ4n) is 3.02. The Balaban J connectivity index is 0.00000113. The molecule has 1 amide bonds. The fraction of sp³-hybridized carbons (Fsp3) is 0.286. The van der Waals surface area contributed by atoms with Crippen LogP contribution in [-0.2, 0) is 9.59 Å². The molecule has 0 aliphatic carbocycles. The molecule has 1 fully saturated rings. The minimum atomic E-state index is -1.29. The number of aliphatic hydroxyl groups is 1. The van der Waals surface area contributed by atoms with E-state index in [2.05, 4.69) is 5.32 Å². The minimum Gasteiger partial charge on any atom is -0.393 e. The Labute approximate surface area is 182 Å². The smallest absolute Gasteiger partial charge is 0.255 e. The third-order valence-electron chi connectivity index (χ3n) is 4.41. The Morgan fingerprint density at radius 2 is 1.74 bits per heavy atom. The fourth-order valence-corrected chi connectivity index (χ4v) is 3.20. The predicted octanol–water partition coefficient (Wildman–Crippen LogP) is 3.80. The molecule has 0 spiro atoms. The molecule has 2 unspecified atom stereocenters. The lowest BCUT2D eigenvalue weighted by Gasteiger charge is -2.24. The molecule has 10 heteroatoms. The zero-order valence-electron chi connectivity index (χ0n) is 16.5. The van der Waals surface area contributed by atoms with Crippen molar-refractivity contribution in [3.05, 3.63) is 58.6 Å². The van der Waals surface area contributed by atoms with Gasteiger partial charge in [0.1, 0.15) is 31.4 Å². The number of aliphatic hydroxyl groups excluding tert-OH is 1. The Morgan fingerprint density at radius 1 is 1.10 bits per heavy atom. The lowest BCUT2D eigenvalue weighted by molar-refractivity contribution is -0.0987. The molecule has 1 saturated heterocycles. The van der Waals surface area contributed by atoms with Crippen LogP contribution >= 0.6 is 11.6 Å². The number of halogens is 4. The zero-order valence-corrected chi connectivity index (χ0v) is 17.2. The Kier molecular flexibility index (Phi) is 10.7. The van der Waals surface area contributed by atoms with Crippen molar-refractivity contribution >= 4 is 42.5 Å². The molecule has 0 radical (unpaired) electrons. The highest BCUT2D eigenvalue weighted by Gasteiger charge is 2.25. The summed E-state index contributed by atoms with van der Waals surface area (Å²) in [5.41, 5.74) is 0.544. The third kappa shape index (κ3) is 7.37. The van der Waals surface area contributed by atoms with Crippen molar-refractivity contribution in [1.29, 1.82) is 0 Å². The maximum Gasteiger partial charge on any atom is 0.255 e. The second-order valence-electron chi connectivity index (χ2n) is 6.47. The summed E-state index contributed by atoms with van der Waals surface area (Å²) in [6.07, 6.45) is -1.75. The summed E-state index contributed by atoms with van der Waals surface area (Å²) < 4.78 is 41.4. The summed E-state index contributed by atoms with van der Waals surface area (Å²) in [6.45, 7) is 4.21. The molecule has 6 nitrogen and oxygen atoms in total. The van der Waals surface area contributed by atoms with Gasteiger partial charge in [-0.2, -0.15) is 0 Å². The highest BCUT2D eigenvalue weighted by Crippen LogP contribution is 2.26. The number of amides is 1. The molecule has 2 N–H and O–H groups in total. The molecule has 0 saturated carbocycles. The Morgan fingerprint density at radius 3 is 2.39 bits per heavy atom. The number of nitrogens with zero attached hydrogens (tertiary/aromatic N) is 1.